The molecule has 4 rings (SSSR count). The summed E-state index contributed by atoms with van der Waals surface area (Å²) in [5.41, 5.74) is 9.61. The zero-order chi connectivity index (χ0) is 14.8. The van der Waals surface area contributed by atoms with Crippen molar-refractivity contribution < 1.29 is 4.79 Å². The van der Waals surface area contributed by atoms with Crippen molar-refractivity contribution in [2.75, 3.05) is 0 Å². The topological polar surface area (TPSA) is 43.1 Å². The standard InChI is InChI=1S/C19H27NO/c1-18-9-7-13(20)11-12(18)3-4-14-15-5-6-17(21)19(15,2)10-8-16(14)18/h3-4,13,15-16H,5-11,20H2,1-2H3/t13?,15-,16-,18-,19-/m0/s1. The molecule has 0 aromatic rings. The van der Waals surface area contributed by atoms with E-state index < -0.39 is 0 Å². The molecule has 5 atom stereocenters. The lowest BCUT2D eigenvalue weighted by molar-refractivity contribution is -0.127. The van der Waals surface area contributed by atoms with Crippen LogP contribution < -0.4 is 5.73 Å². The van der Waals surface area contributed by atoms with Crippen molar-refractivity contribution in [2.45, 2.75) is 64.8 Å². The van der Waals surface area contributed by atoms with Crippen molar-refractivity contribution in [3.63, 3.8) is 0 Å². The predicted molar refractivity (Wildman–Crippen MR) is 84.7 cm³/mol. The van der Waals surface area contributed by atoms with Crippen LogP contribution in [0.3, 0.4) is 0 Å². The van der Waals surface area contributed by atoms with Gasteiger partial charge in [0.2, 0.25) is 0 Å². The smallest absolute Gasteiger partial charge is 0.139 e. The summed E-state index contributed by atoms with van der Waals surface area (Å²) in [5.74, 6) is 1.68. The van der Waals surface area contributed by atoms with Crippen molar-refractivity contribution in [1.82, 2.24) is 0 Å². The highest BCUT2D eigenvalue weighted by molar-refractivity contribution is 5.88. The maximum absolute atomic E-state index is 12.4. The Morgan fingerprint density at radius 3 is 2.57 bits per heavy atom. The first-order valence-corrected chi connectivity index (χ1v) is 8.65. The summed E-state index contributed by atoms with van der Waals surface area (Å²) in [6.07, 6.45) is 12.3. The van der Waals surface area contributed by atoms with Gasteiger partial charge in [-0.05, 0) is 55.8 Å². The van der Waals surface area contributed by atoms with Crippen molar-refractivity contribution in [2.24, 2.45) is 28.4 Å². The first kappa shape index (κ1) is 13.8. The number of allylic oxidation sites excluding steroid dienone is 3. The van der Waals surface area contributed by atoms with Crippen LogP contribution in [0.15, 0.2) is 23.3 Å². The maximum Gasteiger partial charge on any atom is 0.139 e. The molecule has 0 aromatic heterocycles. The second kappa shape index (κ2) is 4.32. The van der Waals surface area contributed by atoms with Crippen molar-refractivity contribution in [3.05, 3.63) is 23.3 Å². The minimum atomic E-state index is -0.0604. The average molecular weight is 285 g/mol. The van der Waals surface area contributed by atoms with Crippen LogP contribution in [0.5, 0.6) is 0 Å². The first-order valence-electron chi connectivity index (χ1n) is 8.65. The number of hydrogen-bond donors (Lipinski definition) is 1. The molecule has 4 aliphatic carbocycles. The van der Waals surface area contributed by atoms with Gasteiger partial charge in [-0.1, -0.05) is 37.1 Å². The third-order valence-electron chi connectivity index (χ3n) is 7.32. The molecule has 0 bridgehead atoms. The van der Waals surface area contributed by atoms with E-state index in [0.29, 0.717) is 29.1 Å². The quantitative estimate of drug-likeness (QED) is 0.736. The van der Waals surface area contributed by atoms with E-state index in [4.69, 9.17) is 5.73 Å². The molecule has 2 N–H and O–H groups in total. The Hall–Kier alpha value is -0.890. The molecule has 0 spiro atoms. The van der Waals surface area contributed by atoms with Gasteiger partial charge in [-0.2, -0.15) is 0 Å². The van der Waals surface area contributed by atoms with Crippen LogP contribution in [0.4, 0.5) is 0 Å². The highest BCUT2D eigenvalue weighted by Gasteiger charge is 2.55. The van der Waals surface area contributed by atoms with Gasteiger partial charge < -0.3 is 5.73 Å². The molecule has 3 saturated carbocycles. The normalized spacial score (nSPS) is 48.9. The summed E-state index contributed by atoms with van der Waals surface area (Å²) in [6.45, 7) is 4.68. The molecule has 114 valence electrons. The van der Waals surface area contributed by atoms with Gasteiger partial charge in [0.1, 0.15) is 5.78 Å². The summed E-state index contributed by atoms with van der Waals surface area (Å²) in [5, 5.41) is 0. The van der Waals surface area contributed by atoms with Gasteiger partial charge in [0.05, 0.1) is 0 Å². The van der Waals surface area contributed by atoms with E-state index in [0.717, 1.165) is 32.1 Å². The van der Waals surface area contributed by atoms with Crippen LogP contribution in [-0.2, 0) is 4.79 Å². The van der Waals surface area contributed by atoms with Crippen LogP contribution in [0.25, 0.3) is 0 Å². The second-order valence-corrected chi connectivity index (χ2v) is 8.30. The zero-order valence-electron chi connectivity index (χ0n) is 13.3. The fraction of sp³-hybridized carbons (Fsp3) is 0.737. The molecule has 0 heterocycles. The Labute approximate surface area is 127 Å². The molecule has 3 fully saturated rings. The summed E-state index contributed by atoms with van der Waals surface area (Å²) >= 11 is 0. The highest BCUT2D eigenvalue weighted by atomic mass is 16.1. The van der Waals surface area contributed by atoms with Gasteiger partial charge in [-0.25, -0.2) is 0 Å². The predicted octanol–water partition coefficient (Wildman–Crippen LogP) is 3.77. The van der Waals surface area contributed by atoms with Crippen LogP contribution in [0.1, 0.15) is 58.8 Å². The summed E-state index contributed by atoms with van der Waals surface area (Å²) in [6, 6.07) is 0.348. The molecule has 0 saturated heterocycles. The van der Waals surface area contributed by atoms with Crippen LogP contribution >= 0.6 is 0 Å². The Bertz CT molecular complexity index is 560. The van der Waals surface area contributed by atoms with Crippen molar-refractivity contribution in [3.8, 4) is 0 Å². The third-order valence-corrected chi connectivity index (χ3v) is 7.32. The summed E-state index contributed by atoms with van der Waals surface area (Å²) in [7, 11) is 0. The molecule has 2 heteroatoms. The number of nitrogens with two attached hydrogens (primary N) is 1. The summed E-state index contributed by atoms with van der Waals surface area (Å²) in [4.78, 5) is 12.4. The highest BCUT2D eigenvalue weighted by Crippen LogP contribution is 2.62. The fourth-order valence-corrected chi connectivity index (χ4v) is 5.81. The van der Waals surface area contributed by atoms with Gasteiger partial charge >= 0.3 is 0 Å². The molecule has 0 amide bonds. The number of fused-ring (bicyclic) bond motifs is 5. The lowest BCUT2D eigenvalue weighted by atomic mass is 9.51. The third kappa shape index (κ3) is 1.72. The Morgan fingerprint density at radius 1 is 1.05 bits per heavy atom. The first-order chi connectivity index (χ1) is 9.95. The van der Waals surface area contributed by atoms with E-state index in [1.165, 1.54) is 12.8 Å². The monoisotopic (exact) mass is 285 g/mol. The Morgan fingerprint density at radius 2 is 1.76 bits per heavy atom. The maximum atomic E-state index is 12.4. The van der Waals surface area contributed by atoms with Crippen LogP contribution in [0.2, 0.25) is 0 Å². The summed E-state index contributed by atoms with van der Waals surface area (Å²) < 4.78 is 0. The average Bonchev–Trinajstić information content (AvgIpc) is 2.76. The molecule has 0 radical (unpaired) electrons. The van der Waals surface area contributed by atoms with Crippen molar-refractivity contribution in [1.29, 1.82) is 0 Å². The molecular weight excluding hydrogens is 258 g/mol. The van der Waals surface area contributed by atoms with Crippen LogP contribution in [0, 0.1) is 22.7 Å². The molecular formula is C19H27NO. The van der Waals surface area contributed by atoms with Gasteiger partial charge in [0.15, 0.2) is 0 Å². The van der Waals surface area contributed by atoms with E-state index in [1.807, 2.05) is 0 Å². The van der Waals surface area contributed by atoms with E-state index in [9.17, 15) is 4.79 Å². The Kier molecular flexibility index (Phi) is 2.83. The number of Topliss-reactive ketones (excluding diaryl/α,β-unsaturated/α-hetero) is 1. The van der Waals surface area contributed by atoms with Crippen molar-refractivity contribution >= 4 is 5.78 Å². The van der Waals surface area contributed by atoms with E-state index in [1.54, 1.807) is 11.1 Å². The minimum Gasteiger partial charge on any atom is -0.327 e. The van der Waals surface area contributed by atoms with E-state index in [-0.39, 0.29) is 5.41 Å². The molecule has 4 aliphatic rings. The molecule has 0 aliphatic heterocycles. The number of hydrogen-bond acceptors (Lipinski definition) is 2. The number of carbonyl (C=O) groups excluding carboxylic acids is 1. The largest absolute Gasteiger partial charge is 0.327 e. The molecule has 1 unspecified atom stereocenters. The Balaban J connectivity index is 1.75. The molecule has 21 heavy (non-hydrogen) atoms. The minimum absolute atomic E-state index is 0.0604. The van der Waals surface area contributed by atoms with E-state index in [2.05, 4.69) is 26.0 Å². The van der Waals surface area contributed by atoms with E-state index >= 15 is 0 Å². The number of ketones is 1. The number of carbonyl (C=O) groups is 1. The number of rotatable bonds is 0. The lowest BCUT2D eigenvalue weighted by Crippen LogP contribution is -2.46. The fourth-order valence-electron chi connectivity index (χ4n) is 5.81. The molecule has 0 aromatic carbocycles. The zero-order valence-corrected chi connectivity index (χ0v) is 13.3. The second-order valence-electron chi connectivity index (χ2n) is 8.30. The van der Waals surface area contributed by atoms with Crippen LogP contribution in [-0.4, -0.2) is 11.8 Å². The van der Waals surface area contributed by atoms with Gasteiger partial charge in [0.25, 0.3) is 0 Å². The van der Waals surface area contributed by atoms with Gasteiger partial charge in [0, 0.05) is 17.9 Å². The lowest BCUT2D eigenvalue weighted by Gasteiger charge is -2.53. The van der Waals surface area contributed by atoms with Gasteiger partial charge in [-0.15, -0.1) is 0 Å². The molecule has 2 nitrogen and oxygen atoms in total. The van der Waals surface area contributed by atoms with Gasteiger partial charge in [-0.3, -0.25) is 4.79 Å². The SMILES string of the molecule is C[C@]12CCC(N)CC1=CC=C1[C@@H]2CC[C@]2(C)C(=O)CC[C@@H]12.